The Balaban J connectivity index is 3.05. The molecule has 0 fully saturated rings. The van der Waals surface area contributed by atoms with E-state index in [0.717, 1.165) is 4.90 Å². The lowest BCUT2D eigenvalue weighted by Crippen LogP contribution is -2.47. The molecule has 0 unspecified atom stereocenters. The van der Waals surface area contributed by atoms with Gasteiger partial charge in [0.2, 0.25) is 0 Å². The fraction of sp³-hybridized carbons (Fsp3) is 0.429. The van der Waals surface area contributed by atoms with Crippen LogP contribution in [0.4, 0.5) is 10.5 Å². The van der Waals surface area contributed by atoms with Gasteiger partial charge in [-0.25, -0.2) is 4.79 Å². The highest BCUT2D eigenvalue weighted by atomic mass is 35.5. The molecule has 0 aliphatic carbocycles. The average Bonchev–Trinajstić information content (AvgIpc) is 2.43. The summed E-state index contributed by atoms with van der Waals surface area (Å²) in [4.78, 5) is 26.1. The Kier molecular flexibility index (Phi) is 6.98. The van der Waals surface area contributed by atoms with Crippen LogP contribution in [0.2, 0.25) is 5.02 Å². The van der Waals surface area contributed by atoms with Crippen molar-refractivity contribution < 1.29 is 19.8 Å². The molecule has 0 aliphatic rings. The molecule has 2 amide bonds. The molecule has 21 heavy (non-hydrogen) atoms. The molecule has 116 valence electrons. The smallest absolute Gasteiger partial charge is 0.325 e. The highest BCUT2D eigenvalue weighted by molar-refractivity contribution is 6.30. The Labute approximate surface area is 128 Å². The van der Waals surface area contributed by atoms with Crippen LogP contribution < -0.4 is 4.90 Å². The quantitative estimate of drug-likeness (QED) is 0.807. The number of halogens is 1. The second kappa shape index (κ2) is 8.49. The van der Waals surface area contributed by atoms with E-state index in [1.165, 1.54) is 11.0 Å². The van der Waals surface area contributed by atoms with E-state index in [1.807, 2.05) is 6.92 Å². The predicted molar refractivity (Wildman–Crippen MR) is 80.8 cm³/mol. The minimum absolute atomic E-state index is 0.156. The number of anilines is 1. The summed E-state index contributed by atoms with van der Waals surface area (Å²) >= 11 is 5.89. The number of carbonyl (C=O) groups is 2. The Morgan fingerprint density at radius 1 is 1.29 bits per heavy atom. The van der Waals surface area contributed by atoms with Crippen LogP contribution in [0.15, 0.2) is 24.3 Å². The summed E-state index contributed by atoms with van der Waals surface area (Å²) in [5.41, 5.74) is 0.411. The van der Waals surface area contributed by atoms with Gasteiger partial charge in [0, 0.05) is 23.8 Å². The molecule has 1 rings (SSSR count). The van der Waals surface area contributed by atoms with Crippen molar-refractivity contribution in [3.05, 3.63) is 29.3 Å². The van der Waals surface area contributed by atoms with Crippen molar-refractivity contribution in [1.29, 1.82) is 0 Å². The zero-order chi connectivity index (χ0) is 15.8. The second-order valence-electron chi connectivity index (χ2n) is 4.45. The van der Waals surface area contributed by atoms with Crippen molar-refractivity contribution in [2.45, 2.75) is 13.3 Å². The molecule has 0 aromatic heterocycles. The lowest BCUT2D eigenvalue weighted by Gasteiger charge is -2.29. The monoisotopic (exact) mass is 314 g/mol. The second-order valence-corrected chi connectivity index (χ2v) is 4.89. The summed E-state index contributed by atoms with van der Waals surface area (Å²) in [6, 6.07) is 5.99. The summed E-state index contributed by atoms with van der Waals surface area (Å²) in [6.45, 7) is 1.85. The lowest BCUT2D eigenvalue weighted by molar-refractivity contribution is -0.135. The molecule has 0 bridgehead atoms. The molecule has 1 aromatic carbocycles. The standard InChI is InChI=1S/C14H19ClN2O4/c1-2-6-16(7-8-18)14(21)17(10-13(19)20)12-5-3-4-11(15)9-12/h3-5,9,18H,2,6-8,10H2,1H3,(H,19,20). The maximum atomic E-state index is 12.5. The van der Waals surface area contributed by atoms with Gasteiger partial charge in [0.15, 0.2) is 0 Å². The maximum absolute atomic E-state index is 12.5. The molecule has 0 radical (unpaired) electrons. The van der Waals surface area contributed by atoms with Gasteiger partial charge in [-0.05, 0) is 24.6 Å². The average molecular weight is 315 g/mol. The number of aliphatic hydroxyl groups excluding tert-OH is 1. The SMILES string of the molecule is CCCN(CCO)C(=O)N(CC(=O)O)c1cccc(Cl)c1. The molecule has 0 aliphatic heterocycles. The fourth-order valence-electron chi connectivity index (χ4n) is 1.91. The summed E-state index contributed by atoms with van der Waals surface area (Å²) in [7, 11) is 0. The van der Waals surface area contributed by atoms with Crippen LogP contribution >= 0.6 is 11.6 Å². The molecular formula is C14H19ClN2O4. The first-order valence-electron chi connectivity index (χ1n) is 6.64. The van der Waals surface area contributed by atoms with E-state index >= 15 is 0 Å². The number of carboxylic acid groups (broad SMARTS) is 1. The van der Waals surface area contributed by atoms with Gasteiger partial charge in [-0.2, -0.15) is 0 Å². The largest absolute Gasteiger partial charge is 0.480 e. The van der Waals surface area contributed by atoms with Gasteiger partial charge < -0.3 is 15.1 Å². The first kappa shape index (κ1) is 17.3. The van der Waals surface area contributed by atoms with Crippen molar-refractivity contribution in [2.75, 3.05) is 31.1 Å². The number of amides is 2. The van der Waals surface area contributed by atoms with Gasteiger partial charge in [-0.15, -0.1) is 0 Å². The summed E-state index contributed by atoms with van der Waals surface area (Å²) in [6.07, 6.45) is 0.711. The molecule has 0 saturated carbocycles. The van der Waals surface area contributed by atoms with Gasteiger partial charge >= 0.3 is 12.0 Å². The number of urea groups is 1. The zero-order valence-corrected chi connectivity index (χ0v) is 12.6. The van der Waals surface area contributed by atoms with E-state index in [4.69, 9.17) is 21.8 Å². The Morgan fingerprint density at radius 3 is 2.52 bits per heavy atom. The van der Waals surface area contributed by atoms with Gasteiger partial charge in [-0.3, -0.25) is 9.69 Å². The lowest BCUT2D eigenvalue weighted by atomic mass is 10.3. The highest BCUT2D eigenvalue weighted by Crippen LogP contribution is 2.20. The number of carbonyl (C=O) groups excluding carboxylic acids is 1. The van der Waals surface area contributed by atoms with Gasteiger partial charge in [0.25, 0.3) is 0 Å². The number of hydrogen-bond donors (Lipinski definition) is 2. The molecule has 0 heterocycles. The minimum Gasteiger partial charge on any atom is -0.480 e. The van der Waals surface area contributed by atoms with E-state index < -0.39 is 18.5 Å². The van der Waals surface area contributed by atoms with Crippen LogP contribution in [0.5, 0.6) is 0 Å². The van der Waals surface area contributed by atoms with Crippen LogP contribution in [0.25, 0.3) is 0 Å². The van der Waals surface area contributed by atoms with Gasteiger partial charge in [-0.1, -0.05) is 24.6 Å². The third-order valence-corrected chi connectivity index (χ3v) is 3.01. The van der Waals surface area contributed by atoms with Crippen LogP contribution in [0.1, 0.15) is 13.3 Å². The van der Waals surface area contributed by atoms with Gasteiger partial charge in [0.05, 0.1) is 6.61 Å². The molecule has 2 N–H and O–H groups in total. The Hall–Kier alpha value is -1.79. The molecule has 7 heteroatoms. The number of aliphatic carboxylic acids is 1. The molecular weight excluding hydrogens is 296 g/mol. The van der Waals surface area contributed by atoms with Gasteiger partial charge in [0.1, 0.15) is 6.54 Å². The maximum Gasteiger partial charge on any atom is 0.325 e. The minimum atomic E-state index is -1.12. The van der Waals surface area contributed by atoms with Crippen molar-refractivity contribution in [2.24, 2.45) is 0 Å². The van der Waals surface area contributed by atoms with E-state index in [1.54, 1.807) is 18.2 Å². The number of benzene rings is 1. The zero-order valence-electron chi connectivity index (χ0n) is 11.8. The topological polar surface area (TPSA) is 81.1 Å². The fourth-order valence-corrected chi connectivity index (χ4v) is 2.10. The number of nitrogens with zero attached hydrogens (tertiary/aromatic N) is 2. The van der Waals surface area contributed by atoms with Crippen LogP contribution in [-0.4, -0.2) is 53.4 Å². The molecule has 1 aromatic rings. The van der Waals surface area contributed by atoms with E-state index in [9.17, 15) is 9.59 Å². The number of hydrogen-bond acceptors (Lipinski definition) is 3. The van der Waals surface area contributed by atoms with E-state index in [0.29, 0.717) is 23.7 Å². The van der Waals surface area contributed by atoms with E-state index in [2.05, 4.69) is 0 Å². The van der Waals surface area contributed by atoms with Crippen LogP contribution in [0.3, 0.4) is 0 Å². The normalized spacial score (nSPS) is 10.2. The van der Waals surface area contributed by atoms with Crippen molar-refractivity contribution >= 4 is 29.3 Å². The number of carboxylic acids is 1. The molecule has 6 nitrogen and oxygen atoms in total. The molecule has 0 spiro atoms. The molecule has 0 saturated heterocycles. The summed E-state index contributed by atoms with van der Waals surface area (Å²) < 4.78 is 0. The van der Waals surface area contributed by atoms with Crippen molar-refractivity contribution in [3.63, 3.8) is 0 Å². The van der Waals surface area contributed by atoms with E-state index in [-0.39, 0.29) is 13.2 Å². The summed E-state index contributed by atoms with van der Waals surface area (Å²) in [5, 5.41) is 18.5. The van der Waals surface area contributed by atoms with Crippen LogP contribution in [0, 0.1) is 0 Å². The Morgan fingerprint density at radius 2 is 2.00 bits per heavy atom. The van der Waals surface area contributed by atoms with Crippen LogP contribution in [-0.2, 0) is 4.79 Å². The Bertz CT molecular complexity index is 490. The highest BCUT2D eigenvalue weighted by Gasteiger charge is 2.23. The predicted octanol–water partition coefficient (Wildman–Crippen LogP) is 2.06. The first-order chi connectivity index (χ1) is 9.99. The van der Waals surface area contributed by atoms with Crippen molar-refractivity contribution in [3.8, 4) is 0 Å². The first-order valence-corrected chi connectivity index (χ1v) is 7.02. The number of rotatable bonds is 7. The third-order valence-electron chi connectivity index (χ3n) is 2.78. The number of aliphatic hydroxyl groups is 1. The van der Waals surface area contributed by atoms with Crippen molar-refractivity contribution in [1.82, 2.24) is 4.90 Å². The third kappa shape index (κ3) is 5.24. The molecule has 0 atom stereocenters. The summed E-state index contributed by atoms with van der Waals surface area (Å²) in [5.74, 6) is -1.12.